The van der Waals surface area contributed by atoms with Gasteiger partial charge in [-0.2, -0.15) is 0 Å². The molecule has 0 bridgehead atoms. The van der Waals surface area contributed by atoms with Gasteiger partial charge in [0.25, 0.3) is 0 Å². The van der Waals surface area contributed by atoms with Gasteiger partial charge in [0.15, 0.2) is 5.78 Å². The van der Waals surface area contributed by atoms with Gasteiger partial charge < -0.3 is 14.2 Å². The Labute approximate surface area is 126 Å². The molecule has 1 rings (SSSR count). The number of para-hydroxylation sites is 1. The smallest absolute Gasteiger partial charge is 0.177 e. The monoisotopic (exact) mass is 348 g/mol. The standard InChI is InChI=1S/C14H18BrFO4/c15-11-13(17)12-3-1-2-4-14(12)20-10-9-19-8-7-18-6-5-16/h1-4H,5-11H2. The van der Waals surface area contributed by atoms with Crippen molar-refractivity contribution in [3.8, 4) is 5.75 Å². The third kappa shape index (κ3) is 6.45. The highest BCUT2D eigenvalue weighted by atomic mass is 79.9. The van der Waals surface area contributed by atoms with Gasteiger partial charge in [-0.1, -0.05) is 28.1 Å². The molecule has 1 aromatic carbocycles. The Balaban J connectivity index is 2.23. The van der Waals surface area contributed by atoms with E-state index in [-0.39, 0.29) is 17.7 Å². The van der Waals surface area contributed by atoms with E-state index >= 15 is 0 Å². The van der Waals surface area contributed by atoms with Crippen LogP contribution in [0.4, 0.5) is 4.39 Å². The summed E-state index contributed by atoms with van der Waals surface area (Å²) in [6.45, 7) is 1.10. The number of benzene rings is 1. The molecule has 0 N–H and O–H groups in total. The van der Waals surface area contributed by atoms with E-state index in [9.17, 15) is 9.18 Å². The van der Waals surface area contributed by atoms with Crippen LogP contribution in [0.25, 0.3) is 0 Å². The van der Waals surface area contributed by atoms with Crippen LogP contribution in [-0.4, -0.2) is 50.8 Å². The molecule has 20 heavy (non-hydrogen) atoms. The van der Waals surface area contributed by atoms with E-state index in [0.717, 1.165) is 0 Å². The molecule has 0 saturated heterocycles. The lowest BCUT2D eigenvalue weighted by Gasteiger charge is -2.10. The molecule has 0 fully saturated rings. The van der Waals surface area contributed by atoms with E-state index in [4.69, 9.17) is 14.2 Å². The number of hydrogen-bond acceptors (Lipinski definition) is 4. The van der Waals surface area contributed by atoms with Crippen molar-refractivity contribution in [2.75, 3.05) is 45.0 Å². The molecular weight excluding hydrogens is 331 g/mol. The van der Waals surface area contributed by atoms with Crippen molar-refractivity contribution in [2.24, 2.45) is 0 Å². The van der Waals surface area contributed by atoms with Crippen molar-refractivity contribution in [3.63, 3.8) is 0 Å². The molecule has 0 aliphatic carbocycles. The van der Waals surface area contributed by atoms with Crippen molar-refractivity contribution < 1.29 is 23.4 Å². The average Bonchev–Trinajstić information content (AvgIpc) is 2.49. The topological polar surface area (TPSA) is 44.8 Å². The summed E-state index contributed by atoms with van der Waals surface area (Å²) in [5, 5.41) is 0.260. The molecule has 0 aliphatic rings. The summed E-state index contributed by atoms with van der Waals surface area (Å²) >= 11 is 3.14. The van der Waals surface area contributed by atoms with Gasteiger partial charge in [-0.3, -0.25) is 4.79 Å². The number of alkyl halides is 2. The van der Waals surface area contributed by atoms with Gasteiger partial charge in [0.1, 0.15) is 19.0 Å². The summed E-state index contributed by atoms with van der Waals surface area (Å²) in [5.41, 5.74) is 0.552. The lowest BCUT2D eigenvalue weighted by atomic mass is 10.1. The maximum atomic E-state index is 11.7. The molecule has 0 atom stereocenters. The van der Waals surface area contributed by atoms with Crippen LogP contribution in [0.2, 0.25) is 0 Å². The fraction of sp³-hybridized carbons (Fsp3) is 0.500. The van der Waals surface area contributed by atoms with Crippen molar-refractivity contribution in [1.82, 2.24) is 0 Å². The van der Waals surface area contributed by atoms with Gasteiger partial charge in [-0.15, -0.1) is 0 Å². The first-order valence-corrected chi connectivity index (χ1v) is 7.44. The predicted molar refractivity (Wildman–Crippen MR) is 77.7 cm³/mol. The highest BCUT2D eigenvalue weighted by molar-refractivity contribution is 9.09. The molecule has 4 nitrogen and oxygen atoms in total. The number of hydrogen-bond donors (Lipinski definition) is 0. The van der Waals surface area contributed by atoms with Gasteiger partial charge in [-0.05, 0) is 12.1 Å². The van der Waals surface area contributed by atoms with Crippen LogP contribution in [0.1, 0.15) is 10.4 Å². The van der Waals surface area contributed by atoms with E-state index in [1.807, 2.05) is 6.07 Å². The molecule has 1 aromatic rings. The van der Waals surface area contributed by atoms with E-state index in [2.05, 4.69) is 15.9 Å². The maximum Gasteiger partial charge on any atom is 0.177 e. The lowest BCUT2D eigenvalue weighted by Crippen LogP contribution is -2.13. The van der Waals surface area contributed by atoms with E-state index in [1.165, 1.54) is 0 Å². The Hall–Kier alpha value is -0.980. The summed E-state index contributed by atoms with van der Waals surface area (Å²) < 4.78 is 27.4. The second kappa shape index (κ2) is 10.8. The molecule has 6 heteroatoms. The minimum atomic E-state index is -0.485. The summed E-state index contributed by atoms with van der Waals surface area (Å²) in [6, 6.07) is 7.08. The second-order valence-electron chi connectivity index (χ2n) is 3.82. The third-order valence-electron chi connectivity index (χ3n) is 2.39. The van der Waals surface area contributed by atoms with Gasteiger partial charge in [0.05, 0.1) is 37.3 Å². The summed E-state index contributed by atoms with van der Waals surface area (Å²) in [7, 11) is 0. The Bertz CT molecular complexity index is 401. The molecule has 0 aliphatic heterocycles. The number of ether oxygens (including phenoxy) is 3. The second-order valence-corrected chi connectivity index (χ2v) is 4.38. The average molecular weight is 349 g/mol. The molecule has 0 spiro atoms. The molecule has 0 aromatic heterocycles. The first-order chi connectivity index (χ1) is 9.79. The number of ketones is 1. The number of Topliss-reactive ketones (excluding diaryl/α,β-unsaturated/α-hetero) is 1. The Morgan fingerprint density at radius 3 is 2.40 bits per heavy atom. The van der Waals surface area contributed by atoms with Crippen LogP contribution in [0.5, 0.6) is 5.75 Å². The molecule has 0 saturated carbocycles. The van der Waals surface area contributed by atoms with Crippen LogP contribution < -0.4 is 4.74 Å². The minimum absolute atomic E-state index is 0.0267. The van der Waals surface area contributed by atoms with Crippen LogP contribution in [-0.2, 0) is 9.47 Å². The highest BCUT2D eigenvalue weighted by Gasteiger charge is 2.10. The summed E-state index contributed by atoms with van der Waals surface area (Å²) in [5.74, 6) is 0.523. The zero-order valence-electron chi connectivity index (χ0n) is 11.1. The molecular formula is C14H18BrFO4. The number of carbonyl (C=O) groups excluding carboxylic acids is 1. The van der Waals surface area contributed by atoms with Crippen LogP contribution in [0.15, 0.2) is 24.3 Å². The number of halogens is 2. The third-order valence-corrected chi connectivity index (χ3v) is 2.90. The van der Waals surface area contributed by atoms with Gasteiger partial charge in [0.2, 0.25) is 0 Å². The lowest BCUT2D eigenvalue weighted by molar-refractivity contribution is 0.0324. The normalized spacial score (nSPS) is 10.5. The van der Waals surface area contributed by atoms with Crippen LogP contribution in [0, 0.1) is 0 Å². The largest absolute Gasteiger partial charge is 0.490 e. The van der Waals surface area contributed by atoms with Gasteiger partial charge in [-0.25, -0.2) is 4.39 Å². The molecule has 0 heterocycles. The first kappa shape index (κ1) is 17.1. The van der Waals surface area contributed by atoms with Crippen molar-refractivity contribution in [2.45, 2.75) is 0 Å². The van der Waals surface area contributed by atoms with Gasteiger partial charge >= 0.3 is 0 Å². The van der Waals surface area contributed by atoms with Gasteiger partial charge in [0, 0.05) is 0 Å². The summed E-state index contributed by atoms with van der Waals surface area (Å²) in [6.07, 6.45) is 0. The number of rotatable bonds is 11. The molecule has 0 radical (unpaired) electrons. The van der Waals surface area contributed by atoms with E-state index in [1.54, 1.807) is 18.2 Å². The summed E-state index contributed by atoms with van der Waals surface area (Å²) in [4.78, 5) is 11.7. The molecule has 0 unspecified atom stereocenters. The minimum Gasteiger partial charge on any atom is -0.490 e. The fourth-order valence-electron chi connectivity index (χ4n) is 1.48. The van der Waals surface area contributed by atoms with Crippen molar-refractivity contribution >= 4 is 21.7 Å². The van der Waals surface area contributed by atoms with Crippen LogP contribution in [0.3, 0.4) is 0 Å². The highest BCUT2D eigenvalue weighted by Crippen LogP contribution is 2.19. The van der Waals surface area contributed by atoms with Crippen LogP contribution >= 0.6 is 15.9 Å². The van der Waals surface area contributed by atoms with E-state index < -0.39 is 6.67 Å². The zero-order chi connectivity index (χ0) is 14.6. The quantitative estimate of drug-likeness (QED) is 0.350. The maximum absolute atomic E-state index is 11.7. The first-order valence-electron chi connectivity index (χ1n) is 6.32. The fourth-order valence-corrected chi connectivity index (χ4v) is 1.78. The molecule has 0 amide bonds. The van der Waals surface area contributed by atoms with Crippen molar-refractivity contribution in [1.29, 1.82) is 0 Å². The SMILES string of the molecule is O=C(CBr)c1ccccc1OCCOCCOCCF. The van der Waals surface area contributed by atoms with Crippen molar-refractivity contribution in [3.05, 3.63) is 29.8 Å². The molecule has 112 valence electrons. The van der Waals surface area contributed by atoms with E-state index in [0.29, 0.717) is 37.7 Å². The Morgan fingerprint density at radius 1 is 1.05 bits per heavy atom. The zero-order valence-corrected chi connectivity index (χ0v) is 12.7. The Morgan fingerprint density at radius 2 is 1.70 bits per heavy atom. The Kier molecular flexibility index (Phi) is 9.19. The number of carbonyl (C=O) groups is 1. The predicted octanol–water partition coefficient (Wildman–Crippen LogP) is 2.65.